The quantitative estimate of drug-likeness (QED) is 0.591. The van der Waals surface area contributed by atoms with Crippen molar-refractivity contribution in [2.24, 2.45) is 4.99 Å². The molecule has 0 radical (unpaired) electrons. The van der Waals surface area contributed by atoms with Gasteiger partial charge in [0.05, 0.1) is 6.54 Å². The number of carbonyl (C=O) groups is 2. The van der Waals surface area contributed by atoms with Crippen LogP contribution in [0.25, 0.3) is 0 Å². The summed E-state index contributed by atoms with van der Waals surface area (Å²) >= 11 is 0. The summed E-state index contributed by atoms with van der Waals surface area (Å²) in [6.07, 6.45) is 0.125. The molecule has 0 saturated heterocycles. The van der Waals surface area contributed by atoms with Gasteiger partial charge in [0, 0.05) is 6.21 Å². The molecule has 2 amide bonds. The largest absolute Gasteiger partial charge is 0.446 e. The van der Waals surface area contributed by atoms with Crippen molar-refractivity contribution in [1.29, 1.82) is 0 Å². The van der Waals surface area contributed by atoms with E-state index in [1.54, 1.807) is 27.7 Å². The summed E-state index contributed by atoms with van der Waals surface area (Å²) in [6, 6.07) is 0. The number of nitrogens with one attached hydrogen (secondary N) is 1. The summed E-state index contributed by atoms with van der Waals surface area (Å²) in [5.41, 5.74) is -0.534. The van der Waals surface area contributed by atoms with E-state index in [9.17, 15) is 9.59 Å². The van der Waals surface area contributed by atoms with E-state index in [1.807, 2.05) is 0 Å². The fraction of sp³-hybridized carbons (Fsp3) is 0.700. The second-order valence-electron chi connectivity index (χ2n) is 3.93. The Kier molecular flexibility index (Phi) is 6.14. The van der Waals surface area contributed by atoms with Gasteiger partial charge in [-0.1, -0.05) is 0 Å². The summed E-state index contributed by atoms with van der Waals surface area (Å²) in [6.45, 7) is 7.17. The number of hydrogen-bond acceptors (Lipinski definition) is 4. The molecule has 92 valence electrons. The van der Waals surface area contributed by atoms with Gasteiger partial charge in [-0.15, -0.1) is 0 Å². The van der Waals surface area contributed by atoms with E-state index in [0.29, 0.717) is 0 Å². The first-order chi connectivity index (χ1) is 7.35. The van der Waals surface area contributed by atoms with Crippen LogP contribution in [-0.2, 0) is 9.47 Å². The SMILES string of the molecule is CC=NC(=O)OCCNC(=O)OC(C)(C)C. The smallest absolute Gasteiger partial charge is 0.433 e. The molecule has 0 aromatic carbocycles. The van der Waals surface area contributed by atoms with Crippen molar-refractivity contribution in [2.75, 3.05) is 13.2 Å². The second-order valence-corrected chi connectivity index (χ2v) is 3.93. The topological polar surface area (TPSA) is 77.0 Å². The molecule has 0 aliphatic rings. The third-order valence-corrected chi connectivity index (χ3v) is 1.23. The zero-order chi connectivity index (χ0) is 12.6. The van der Waals surface area contributed by atoms with Crippen LogP contribution in [0.15, 0.2) is 4.99 Å². The van der Waals surface area contributed by atoms with Gasteiger partial charge in [0.25, 0.3) is 0 Å². The molecular weight excluding hydrogens is 212 g/mol. The monoisotopic (exact) mass is 230 g/mol. The summed E-state index contributed by atoms with van der Waals surface area (Å²) in [7, 11) is 0. The van der Waals surface area contributed by atoms with Crippen molar-refractivity contribution in [1.82, 2.24) is 5.32 Å². The Morgan fingerprint density at radius 1 is 1.38 bits per heavy atom. The maximum atomic E-state index is 11.1. The Labute approximate surface area is 95.0 Å². The normalized spacial score (nSPS) is 11.2. The predicted molar refractivity (Wildman–Crippen MR) is 59.8 cm³/mol. The maximum Gasteiger partial charge on any atom is 0.433 e. The molecule has 1 N–H and O–H groups in total. The van der Waals surface area contributed by atoms with Gasteiger partial charge in [-0.25, -0.2) is 9.59 Å². The molecule has 0 rings (SSSR count). The molecule has 0 aromatic rings. The minimum absolute atomic E-state index is 0.0649. The average Bonchev–Trinajstić information content (AvgIpc) is 2.10. The van der Waals surface area contributed by atoms with Crippen LogP contribution in [-0.4, -0.2) is 37.2 Å². The summed E-state index contributed by atoms with van der Waals surface area (Å²) < 4.78 is 9.63. The zero-order valence-electron chi connectivity index (χ0n) is 10.1. The van der Waals surface area contributed by atoms with Crippen molar-refractivity contribution in [3.8, 4) is 0 Å². The van der Waals surface area contributed by atoms with Gasteiger partial charge in [-0.2, -0.15) is 4.99 Å². The van der Waals surface area contributed by atoms with Crippen LogP contribution in [0.3, 0.4) is 0 Å². The first-order valence-corrected chi connectivity index (χ1v) is 4.97. The standard InChI is InChI=1S/C10H18N2O4/c1-5-11-8(13)15-7-6-12-9(14)16-10(2,3)4/h5H,6-7H2,1-4H3,(H,12,14). The Bertz CT molecular complexity index is 268. The highest BCUT2D eigenvalue weighted by Gasteiger charge is 2.15. The van der Waals surface area contributed by atoms with Crippen LogP contribution >= 0.6 is 0 Å². The Balaban J connectivity index is 3.60. The number of aliphatic imine (C=N–C) groups is 1. The lowest BCUT2D eigenvalue weighted by Gasteiger charge is -2.19. The van der Waals surface area contributed by atoms with Crippen LogP contribution < -0.4 is 5.32 Å². The molecular formula is C10H18N2O4. The minimum Gasteiger partial charge on any atom is -0.446 e. The molecule has 0 unspecified atom stereocenters. The van der Waals surface area contributed by atoms with Crippen molar-refractivity contribution >= 4 is 18.4 Å². The number of rotatable bonds is 3. The van der Waals surface area contributed by atoms with Crippen LogP contribution in [0.2, 0.25) is 0 Å². The average molecular weight is 230 g/mol. The molecule has 0 aromatic heterocycles. The lowest BCUT2D eigenvalue weighted by Crippen LogP contribution is -2.34. The van der Waals surface area contributed by atoms with Crippen LogP contribution in [0.1, 0.15) is 27.7 Å². The predicted octanol–water partition coefficient (Wildman–Crippen LogP) is 1.74. The lowest BCUT2D eigenvalue weighted by molar-refractivity contribution is 0.0513. The van der Waals surface area contributed by atoms with Gasteiger partial charge in [-0.3, -0.25) is 0 Å². The fourth-order valence-electron chi connectivity index (χ4n) is 0.748. The van der Waals surface area contributed by atoms with Gasteiger partial charge in [-0.05, 0) is 27.7 Å². The summed E-state index contributed by atoms with van der Waals surface area (Å²) in [5.74, 6) is 0. The van der Waals surface area contributed by atoms with E-state index in [0.717, 1.165) is 0 Å². The number of amides is 2. The number of ether oxygens (including phenoxy) is 2. The first-order valence-electron chi connectivity index (χ1n) is 4.97. The Morgan fingerprint density at radius 3 is 2.50 bits per heavy atom. The molecule has 0 bridgehead atoms. The molecule has 0 saturated carbocycles. The lowest BCUT2D eigenvalue weighted by atomic mass is 10.2. The Morgan fingerprint density at radius 2 is 2.00 bits per heavy atom. The van der Waals surface area contributed by atoms with E-state index >= 15 is 0 Å². The fourth-order valence-corrected chi connectivity index (χ4v) is 0.748. The van der Waals surface area contributed by atoms with Crippen molar-refractivity contribution in [3.05, 3.63) is 0 Å². The van der Waals surface area contributed by atoms with E-state index in [-0.39, 0.29) is 13.2 Å². The first kappa shape index (κ1) is 14.4. The molecule has 0 spiro atoms. The maximum absolute atomic E-state index is 11.1. The van der Waals surface area contributed by atoms with Crippen molar-refractivity contribution in [3.63, 3.8) is 0 Å². The van der Waals surface area contributed by atoms with Crippen LogP contribution in [0.5, 0.6) is 0 Å². The van der Waals surface area contributed by atoms with Gasteiger partial charge in [0.2, 0.25) is 0 Å². The summed E-state index contributed by atoms with van der Waals surface area (Å²) in [5, 5.41) is 2.45. The number of nitrogens with zero attached hydrogens (tertiary/aromatic N) is 1. The molecule has 0 fully saturated rings. The molecule has 0 aliphatic heterocycles. The zero-order valence-corrected chi connectivity index (χ0v) is 10.1. The van der Waals surface area contributed by atoms with E-state index in [1.165, 1.54) is 6.21 Å². The molecule has 0 heterocycles. The Hall–Kier alpha value is -1.59. The third kappa shape index (κ3) is 8.98. The van der Waals surface area contributed by atoms with Gasteiger partial charge in [0.1, 0.15) is 12.2 Å². The van der Waals surface area contributed by atoms with Gasteiger partial charge >= 0.3 is 12.2 Å². The molecule has 0 aliphatic carbocycles. The highest BCUT2D eigenvalue weighted by atomic mass is 16.6. The second kappa shape index (κ2) is 6.81. The molecule has 0 atom stereocenters. The number of alkyl carbamates (subject to hydrolysis) is 1. The highest BCUT2D eigenvalue weighted by molar-refractivity contribution is 5.78. The van der Waals surface area contributed by atoms with Crippen LogP contribution in [0, 0.1) is 0 Å². The molecule has 16 heavy (non-hydrogen) atoms. The van der Waals surface area contributed by atoms with E-state index in [4.69, 9.17) is 4.74 Å². The summed E-state index contributed by atoms with van der Waals surface area (Å²) in [4.78, 5) is 25.2. The van der Waals surface area contributed by atoms with Crippen molar-refractivity contribution in [2.45, 2.75) is 33.3 Å². The van der Waals surface area contributed by atoms with E-state index < -0.39 is 17.8 Å². The van der Waals surface area contributed by atoms with Gasteiger partial charge < -0.3 is 14.8 Å². The van der Waals surface area contributed by atoms with Gasteiger partial charge in [0.15, 0.2) is 0 Å². The third-order valence-electron chi connectivity index (χ3n) is 1.23. The number of carbonyl (C=O) groups excluding carboxylic acids is 2. The van der Waals surface area contributed by atoms with Crippen LogP contribution in [0.4, 0.5) is 9.59 Å². The van der Waals surface area contributed by atoms with Crippen molar-refractivity contribution < 1.29 is 19.1 Å². The minimum atomic E-state index is -0.673. The molecule has 6 heteroatoms. The molecule has 6 nitrogen and oxygen atoms in total. The number of hydrogen-bond donors (Lipinski definition) is 1. The van der Waals surface area contributed by atoms with E-state index in [2.05, 4.69) is 15.0 Å². The highest BCUT2D eigenvalue weighted by Crippen LogP contribution is 2.05.